The molecule has 1 aliphatic heterocycles. The molecule has 16 heavy (non-hydrogen) atoms. The predicted octanol–water partition coefficient (Wildman–Crippen LogP) is 0.520. The second-order valence-corrected chi connectivity index (χ2v) is 4.05. The van der Waals surface area contributed by atoms with Crippen LogP contribution in [-0.4, -0.2) is 52.5 Å². The molecule has 0 radical (unpaired) electrons. The van der Waals surface area contributed by atoms with Gasteiger partial charge in [0.1, 0.15) is 5.88 Å². The van der Waals surface area contributed by atoms with Crippen LogP contribution < -0.4 is 0 Å². The Hall–Kier alpha value is -1.07. The number of carbonyl (C=O) groups is 1. The van der Waals surface area contributed by atoms with Gasteiger partial charge in [-0.1, -0.05) is 0 Å². The van der Waals surface area contributed by atoms with Crippen molar-refractivity contribution >= 4 is 17.5 Å². The van der Waals surface area contributed by atoms with Crippen molar-refractivity contribution in [3.8, 4) is 0 Å². The number of hydrogen-bond donors (Lipinski definition) is 0. The van der Waals surface area contributed by atoms with Gasteiger partial charge in [-0.15, -0.1) is 11.6 Å². The number of nitrogens with zero attached hydrogens (tertiary/aromatic N) is 3. The molecule has 0 N–H and O–H groups in total. The van der Waals surface area contributed by atoms with Crippen LogP contribution in [0.4, 0.5) is 0 Å². The molecule has 0 bridgehead atoms. The van der Waals surface area contributed by atoms with Gasteiger partial charge in [-0.2, -0.15) is 0 Å². The van der Waals surface area contributed by atoms with E-state index in [1.165, 1.54) is 0 Å². The van der Waals surface area contributed by atoms with Gasteiger partial charge < -0.3 is 14.2 Å². The highest BCUT2D eigenvalue weighted by molar-refractivity contribution is 6.27. The highest BCUT2D eigenvalue weighted by atomic mass is 35.5. The van der Waals surface area contributed by atoms with Crippen molar-refractivity contribution in [2.45, 2.75) is 12.1 Å². The van der Waals surface area contributed by atoms with E-state index in [1.54, 1.807) is 24.5 Å². The number of imidazole rings is 1. The van der Waals surface area contributed by atoms with Crippen LogP contribution in [0.15, 0.2) is 18.7 Å². The summed E-state index contributed by atoms with van der Waals surface area (Å²) in [6.45, 7) is 1.21. The summed E-state index contributed by atoms with van der Waals surface area (Å²) in [5.41, 5.74) is 0. The highest BCUT2D eigenvalue weighted by Crippen LogP contribution is 2.24. The minimum atomic E-state index is -0.0497. The maximum Gasteiger partial charge on any atom is 0.237 e. The Morgan fingerprint density at radius 3 is 3.00 bits per heavy atom. The fourth-order valence-electron chi connectivity index (χ4n) is 2.03. The average Bonchev–Trinajstić information content (AvgIpc) is 2.95. The summed E-state index contributed by atoms with van der Waals surface area (Å²) in [4.78, 5) is 17.2. The Morgan fingerprint density at radius 2 is 2.44 bits per heavy atom. The molecule has 1 amide bonds. The fraction of sp³-hybridized carbons (Fsp3) is 0.600. The van der Waals surface area contributed by atoms with E-state index in [-0.39, 0.29) is 23.9 Å². The number of aromatic nitrogens is 2. The van der Waals surface area contributed by atoms with E-state index in [2.05, 4.69) is 4.98 Å². The molecule has 2 atom stereocenters. The molecule has 2 heterocycles. The summed E-state index contributed by atoms with van der Waals surface area (Å²) >= 11 is 5.54. The van der Waals surface area contributed by atoms with Crippen molar-refractivity contribution in [3.05, 3.63) is 18.7 Å². The smallest absolute Gasteiger partial charge is 0.237 e. The molecule has 1 fully saturated rings. The maximum absolute atomic E-state index is 11.5. The molecular formula is C10H14ClN3O2. The Balaban J connectivity index is 2.11. The van der Waals surface area contributed by atoms with E-state index >= 15 is 0 Å². The Labute approximate surface area is 99.0 Å². The normalized spacial score (nSPS) is 25.0. The van der Waals surface area contributed by atoms with E-state index in [0.717, 1.165) is 0 Å². The molecule has 88 valence electrons. The number of rotatable bonds is 3. The SMILES string of the molecule is CO[C@H]1CN(C(=O)CCl)C[C@H]1n1ccnc1. The lowest BCUT2D eigenvalue weighted by Crippen LogP contribution is -2.30. The Bertz CT molecular complexity index is 355. The highest BCUT2D eigenvalue weighted by Gasteiger charge is 2.35. The maximum atomic E-state index is 11.5. The second kappa shape index (κ2) is 4.84. The molecular weight excluding hydrogens is 230 g/mol. The molecule has 5 nitrogen and oxygen atoms in total. The number of amides is 1. The average molecular weight is 244 g/mol. The van der Waals surface area contributed by atoms with Crippen LogP contribution in [0, 0.1) is 0 Å². The molecule has 0 spiro atoms. The van der Waals surface area contributed by atoms with Crippen molar-refractivity contribution in [2.75, 3.05) is 26.1 Å². The van der Waals surface area contributed by atoms with Gasteiger partial charge in [0.25, 0.3) is 0 Å². The van der Waals surface area contributed by atoms with Crippen LogP contribution >= 0.6 is 11.6 Å². The van der Waals surface area contributed by atoms with Gasteiger partial charge in [0, 0.05) is 32.6 Å². The van der Waals surface area contributed by atoms with Gasteiger partial charge >= 0.3 is 0 Å². The molecule has 0 unspecified atom stereocenters. The number of ether oxygens (including phenoxy) is 1. The molecule has 0 saturated carbocycles. The Kier molecular flexibility index (Phi) is 3.46. The lowest BCUT2D eigenvalue weighted by Gasteiger charge is -2.17. The molecule has 1 saturated heterocycles. The quantitative estimate of drug-likeness (QED) is 0.728. The lowest BCUT2D eigenvalue weighted by molar-refractivity contribution is -0.127. The van der Waals surface area contributed by atoms with Crippen molar-refractivity contribution in [1.82, 2.24) is 14.5 Å². The van der Waals surface area contributed by atoms with E-state index in [4.69, 9.17) is 16.3 Å². The zero-order valence-electron chi connectivity index (χ0n) is 9.04. The van der Waals surface area contributed by atoms with Crippen LogP contribution in [-0.2, 0) is 9.53 Å². The molecule has 2 rings (SSSR count). The molecule has 6 heteroatoms. The monoisotopic (exact) mass is 243 g/mol. The van der Waals surface area contributed by atoms with Gasteiger partial charge in [0.2, 0.25) is 5.91 Å². The van der Waals surface area contributed by atoms with Gasteiger partial charge in [-0.3, -0.25) is 4.79 Å². The minimum absolute atomic E-state index is 0.00127. The minimum Gasteiger partial charge on any atom is -0.377 e. The summed E-state index contributed by atoms with van der Waals surface area (Å²) in [7, 11) is 1.66. The summed E-state index contributed by atoms with van der Waals surface area (Å²) in [5.74, 6) is -0.0288. The molecule has 0 aromatic carbocycles. The van der Waals surface area contributed by atoms with Gasteiger partial charge in [0.05, 0.1) is 18.5 Å². The summed E-state index contributed by atoms with van der Waals surface area (Å²) in [6.07, 6.45) is 5.34. The van der Waals surface area contributed by atoms with E-state index in [0.29, 0.717) is 13.1 Å². The van der Waals surface area contributed by atoms with Gasteiger partial charge in [-0.05, 0) is 0 Å². The van der Waals surface area contributed by atoms with Crippen molar-refractivity contribution in [3.63, 3.8) is 0 Å². The number of methoxy groups -OCH3 is 1. The molecule has 1 aromatic rings. The molecule has 1 aliphatic rings. The van der Waals surface area contributed by atoms with Crippen molar-refractivity contribution in [2.24, 2.45) is 0 Å². The van der Waals surface area contributed by atoms with Gasteiger partial charge in [0.15, 0.2) is 0 Å². The number of alkyl halides is 1. The van der Waals surface area contributed by atoms with E-state index < -0.39 is 0 Å². The predicted molar refractivity (Wildman–Crippen MR) is 59.4 cm³/mol. The largest absolute Gasteiger partial charge is 0.377 e. The van der Waals surface area contributed by atoms with Crippen LogP contribution in [0.5, 0.6) is 0 Å². The third-order valence-electron chi connectivity index (χ3n) is 2.91. The van der Waals surface area contributed by atoms with E-state index in [9.17, 15) is 4.79 Å². The summed E-state index contributed by atoms with van der Waals surface area (Å²) < 4.78 is 7.35. The van der Waals surface area contributed by atoms with E-state index in [1.807, 2.05) is 10.8 Å². The number of hydrogen-bond acceptors (Lipinski definition) is 3. The lowest BCUT2D eigenvalue weighted by atomic mass is 10.2. The zero-order chi connectivity index (χ0) is 11.5. The van der Waals surface area contributed by atoms with Gasteiger partial charge in [-0.25, -0.2) is 4.98 Å². The zero-order valence-corrected chi connectivity index (χ0v) is 9.80. The van der Waals surface area contributed by atoms with Crippen molar-refractivity contribution < 1.29 is 9.53 Å². The first kappa shape index (κ1) is 11.4. The number of likely N-dealkylation sites (tertiary alicyclic amines) is 1. The van der Waals surface area contributed by atoms with Crippen LogP contribution in [0.1, 0.15) is 6.04 Å². The van der Waals surface area contributed by atoms with Crippen molar-refractivity contribution in [1.29, 1.82) is 0 Å². The second-order valence-electron chi connectivity index (χ2n) is 3.78. The Morgan fingerprint density at radius 1 is 1.62 bits per heavy atom. The number of halogens is 1. The van der Waals surface area contributed by atoms with Crippen LogP contribution in [0.2, 0.25) is 0 Å². The summed E-state index contributed by atoms with van der Waals surface area (Å²) in [5, 5.41) is 0. The summed E-state index contributed by atoms with van der Waals surface area (Å²) in [6, 6.07) is 0.125. The first-order valence-electron chi connectivity index (χ1n) is 5.10. The number of carbonyl (C=O) groups excluding carboxylic acids is 1. The fourth-order valence-corrected chi connectivity index (χ4v) is 2.20. The topological polar surface area (TPSA) is 47.4 Å². The molecule has 1 aromatic heterocycles. The van der Waals surface area contributed by atoms with Crippen LogP contribution in [0.25, 0.3) is 0 Å². The third kappa shape index (κ3) is 2.05. The first-order chi connectivity index (χ1) is 7.76. The van der Waals surface area contributed by atoms with Crippen LogP contribution in [0.3, 0.4) is 0 Å². The standard InChI is InChI=1S/C10H14ClN3O2/c1-16-9-6-14(10(15)4-11)5-8(9)13-3-2-12-7-13/h2-3,7-9H,4-6H2,1H3/t8-,9+/m1/s1. The molecule has 0 aliphatic carbocycles. The third-order valence-corrected chi connectivity index (χ3v) is 3.14. The first-order valence-corrected chi connectivity index (χ1v) is 5.63.